The van der Waals surface area contributed by atoms with Gasteiger partial charge in [-0.2, -0.15) is 0 Å². The highest BCUT2D eigenvalue weighted by Crippen LogP contribution is 2.23. The van der Waals surface area contributed by atoms with Gasteiger partial charge in [0.05, 0.1) is 36.6 Å². The van der Waals surface area contributed by atoms with E-state index in [2.05, 4.69) is 23.4 Å². The van der Waals surface area contributed by atoms with Crippen LogP contribution in [0.15, 0.2) is 85.0 Å². The van der Waals surface area contributed by atoms with Crippen molar-refractivity contribution in [2.75, 3.05) is 37.9 Å². The van der Waals surface area contributed by atoms with Gasteiger partial charge >= 0.3 is 6.09 Å². The summed E-state index contributed by atoms with van der Waals surface area (Å²) in [5.41, 5.74) is 4.99. The normalized spacial score (nSPS) is 11.5. The molecule has 17 heteroatoms. The fourth-order valence-electron chi connectivity index (χ4n) is 5.35. The van der Waals surface area contributed by atoms with Crippen LogP contribution in [0.5, 0.6) is 0 Å². The largest absolute Gasteiger partial charge is 0.494 e. The van der Waals surface area contributed by atoms with E-state index in [-0.39, 0.29) is 36.7 Å². The summed E-state index contributed by atoms with van der Waals surface area (Å²) in [6.45, 7) is 13.8. The first-order chi connectivity index (χ1) is 27.1. The number of amides is 3. The Morgan fingerprint density at radius 1 is 0.912 bits per heavy atom. The van der Waals surface area contributed by atoms with Gasteiger partial charge in [0.1, 0.15) is 18.9 Å². The number of hydrazine groups is 3. The first-order valence-corrected chi connectivity index (χ1v) is 19.4. The van der Waals surface area contributed by atoms with Gasteiger partial charge in [0.25, 0.3) is 0 Å². The third-order valence-electron chi connectivity index (χ3n) is 8.47. The predicted molar refractivity (Wildman–Crippen MR) is 225 cm³/mol. The van der Waals surface area contributed by atoms with Gasteiger partial charge in [-0.15, -0.1) is 11.8 Å². The molecule has 0 fully saturated rings. The number of carboxylic acid groups (broad SMARTS) is 1. The van der Waals surface area contributed by atoms with E-state index in [4.69, 9.17) is 28.5 Å². The van der Waals surface area contributed by atoms with Crippen LogP contribution in [0.2, 0.25) is 0 Å². The summed E-state index contributed by atoms with van der Waals surface area (Å²) in [6, 6.07) is 15.1. The van der Waals surface area contributed by atoms with E-state index in [0.29, 0.717) is 53.2 Å². The molecule has 1 aromatic heterocycles. The minimum absolute atomic E-state index is 0.0856. The summed E-state index contributed by atoms with van der Waals surface area (Å²) >= 11 is 1.59. The van der Waals surface area contributed by atoms with Crippen LogP contribution in [0.1, 0.15) is 70.0 Å². The van der Waals surface area contributed by atoms with Crippen LogP contribution in [-0.2, 0) is 16.1 Å². The molecule has 0 aliphatic carbocycles. The lowest BCUT2D eigenvalue weighted by Gasteiger charge is -2.31. The van der Waals surface area contributed by atoms with Gasteiger partial charge in [-0.05, 0) is 55.7 Å². The molecule has 10 N–H and O–H groups in total. The molecular formula is C40H55N11O5S. The number of nitrogens with two attached hydrogens (primary N) is 4. The number of thioether (sulfide) groups is 1. The van der Waals surface area contributed by atoms with E-state index in [1.807, 2.05) is 89.2 Å². The van der Waals surface area contributed by atoms with Crippen LogP contribution in [-0.4, -0.2) is 99.9 Å². The number of aromatic nitrogens is 2. The molecule has 0 radical (unpaired) electrons. The number of nitrogen functional groups attached to an aromatic ring is 1. The third kappa shape index (κ3) is 13.4. The Balaban J connectivity index is 1.68. The Labute approximate surface area is 338 Å². The van der Waals surface area contributed by atoms with Gasteiger partial charge in [0, 0.05) is 34.2 Å². The van der Waals surface area contributed by atoms with Crippen molar-refractivity contribution in [1.29, 1.82) is 0 Å². The van der Waals surface area contributed by atoms with E-state index in [1.54, 1.807) is 22.9 Å². The molecule has 0 bridgehead atoms. The average Bonchev–Trinajstić information content (AvgIpc) is 3.54. The van der Waals surface area contributed by atoms with Crippen LogP contribution < -0.4 is 23.4 Å². The zero-order valence-electron chi connectivity index (χ0n) is 33.3. The van der Waals surface area contributed by atoms with E-state index in [1.165, 1.54) is 20.7 Å². The number of hydrogen-bond donors (Lipinski definition) is 6. The first-order valence-electron chi connectivity index (χ1n) is 18.4. The molecule has 306 valence electrons. The highest BCUT2D eigenvalue weighted by molar-refractivity contribution is 7.99. The molecule has 0 spiro atoms. The molecule has 0 saturated heterocycles. The maximum Gasteiger partial charge on any atom is 0.422 e. The molecule has 0 aliphatic heterocycles. The molecule has 16 nitrogen and oxygen atoms in total. The van der Waals surface area contributed by atoms with E-state index < -0.39 is 18.5 Å². The Bertz CT molecular complexity index is 1970. The highest BCUT2D eigenvalue weighted by Gasteiger charge is 2.23. The monoisotopic (exact) mass is 801 g/mol. The smallest absolute Gasteiger partial charge is 0.422 e. The third-order valence-corrected chi connectivity index (χ3v) is 9.59. The van der Waals surface area contributed by atoms with Crippen molar-refractivity contribution in [3.63, 3.8) is 0 Å². The van der Waals surface area contributed by atoms with Gasteiger partial charge in [-0.1, -0.05) is 76.5 Å². The minimum atomic E-state index is -1.40. The summed E-state index contributed by atoms with van der Waals surface area (Å²) in [5.74, 6) is 30.6. The molecule has 3 amide bonds. The van der Waals surface area contributed by atoms with Crippen molar-refractivity contribution in [2.24, 2.45) is 17.5 Å². The van der Waals surface area contributed by atoms with Crippen molar-refractivity contribution in [1.82, 2.24) is 34.5 Å². The number of allylic oxidation sites excluding steroid dienone is 2. The van der Waals surface area contributed by atoms with E-state index in [9.17, 15) is 19.5 Å². The van der Waals surface area contributed by atoms with Crippen LogP contribution in [0.25, 0.3) is 17.0 Å². The number of carbonyl (C=O) groups excluding carboxylic acids is 2. The summed E-state index contributed by atoms with van der Waals surface area (Å²) in [5, 5.41) is 22.3. The molecular weight excluding hydrogens is 747 g/mol. The maximum absolute atomic E-state index is 13.2. The molecule has 0 saturated carbocycles. The number of rotatable bonds is 19. The molecule has 0 aliphatic rings. The molecule has 57 heavy (non-hydrogen) atoms. The van der Waals surface area contributed by atoms with Crippen LogP contribution in [0.4, 0.5) is 4.79 Å². The standard InChI is InChI=1S/C40H55N11O5S/c1-7-10-37(52)48(41)25-39(54)47(27-57-28(4)5)23-29(6)50(43)34(9-3)32-17-13-30(14-18-32)11-12-31-15-19-33(20-16-31)35-22-45-36(51(35)44)24-46(21-8-2)38(53)26-49(42)40(55)56/h9-10,13-20,22,28,52H,6-8,21,23-27,41-44H2,1-5H3,(H,55,56)/b34-9-,37-10-. The zero-order chi connectivity index (χ0) is 42.2. The molecule has 1 heterocycles. The van der Waals surface area contributed by atoms with Crippen molar-refractivity contribution >= 4 is 35.4 Å². The number of carbonyl (C=O) groups is 3. The molecule has 3 rings (SSSR count). The predicted octanol–water partition coefficient (Wildman–Crippen LogP) is 4.22. The Kier molecular flexibility index (Phi) is 17.5. The van der Waals surface area contributed by atoms with Gasteiger partial charge in [0.15, 0.2) is 5.88 Å². The first kappa shape index (κ1) is 45.5. The van der Waals surface area contributed by atoms with Crippen LogP contribution >= 0.6 is 11.8 Å². The Hall–Kier alpha value is -5.93. The quantitative estimate of drug-likeness (QED) is 0.0250. The summed E-state index contributed by atoms with van der Waals surface area (Å²) in [6.07, 6.45) is 4.84. The van der Waals surface area contributed by atoms with Gasteiger partial charge in [-0.3, -0.25) is 19.6 Å². The summed E-state index contributed by atoms with van der Waals surface area (Å²) in [7, 11) is 0. The lowest BCUT2D eigenvalue weighted by atomic mass is 10.1. The molecule has 3 aromatic rings. The number of aliphatic hydroxyl groups is 1. The van der Waals surface area contributed by atoms with E-state index >= 15 is 0 Å². The number of nitrogens with zero attached hydrogens (tertiary/aromatic N) is 7. The van der Waals surface area contributed by atoms with Gasteiger partial charge in [0.2, 0.25) is 11.8 Å². The second-order valence-electron chi connectivity index (χ2n) is 13.2. The summed E-state index contributed by atoms with van der Waals surface area (Å²) < 4.78 is 1.40. The minimum Gasteiger partial charge on any atom is -0.494 e. The van der Waals surface area contributed by atoms with Crippen LogP contribution in [0.3, 0.4) is 0 Å². The van der Waals surface area contributed by atoms with E-state index in [0.717, 1.165) is 27.3 Å². The van der Waals surface area contributed by atoms with Crippen LogP contribution in [0, 0.1) is 11.8 Å². The second-order valence-corrected chi connectivity index (χ2v) is 14.7. The van der Waals surface area contributed by atoms with Crippen molar-refractivity contribution in [3.05, 3.63) is 108 Å². The fourth-order valence-corrected chi connectivity index (χ4v) is 6.07. The summed E-state index contributed by atoms with van der Waals surface area (Å²) in [4.78, 5) is 44.5. The molecule has 0 atom stereocenters. The number of aliphatic hydroxyl groups excluding tert-OH is 1. The Morgan fingerprint density at radius 3 is 2.04 bits per heavy atom. The second kappa shape index (κ2) is 22.0. The lowest BCUT2D eigenvalue weighted by molar-refractivity contribution is -0.133. The van der Waals surface area contributed by atoms with Crippen molar-refractivity contribution in [3.8, 4) is 23.1 Å². The maximum atomic E-state index is 13.2. The molecule has 0 unspecified atom stereocenters. The van der Waals surface area contributed by atoms with Gasteiger partial charge in [-0.25, -0.2) is 37.0 Å². The van der Waals surface area contributed by atoms with Crippen molar-refractivity contribution in [2.45, 2.75) is 59.3 Å². The number of hydrogen-bond acceptors (Lipinski definition) is 12. The highest BCUT2D eigenvalue weighted by atomic mass is 32.2. The average molecular weight is 802 g/mol. The van der Waals surface area contributed by atoms with Crippen molar-refractivity contribution < 1.29 is 24.6 Å². The number of imidazole rings is 1. The SMILES string of the molecule is C=C(CN(CSC(C)C)C(=O)CN(N)/C(O)=C/CC)N(N)/C(=C\C)c1ccc(C#Cc2ccc(-c3cnc(CN(CCC)C(=O)CN(N)C(=O)O)n3N)cc2)cc1. The fraction of sp³-hybridized carbons (Fsp3) is 0.350. The van der Waals surface area contributed by atoms with Gasteiger partial charge < -0.3 is 25.9 Å². The topological polar surface area (TPSA) is 230 Å². The lowest BCUT2D eigenvalue weighted by Crippen LogP contribution is -2.46. The molecule has 2 aromatic carbocycles. The number of benzene rings is 2. The zero-order valence-corrected chi connectivity index (χ0v) is 34.1. The Morgan fingerprint density at radius 2 is 1.49 bits per heavy atom.